The minimum Gasteiger partial charge on any atom is -0.359 e. The van der Waals surface area contributed by atoms with Gasteiger partial charge in [0, 0.05) is 22.8 Å². The van der Waals surface area contributed by atoms with E-state index in [1.165, 1.54) is 18.2 Å². The Kier molecular flexibility index (Phi) is 3.82. The summed E-state index contributed by atoms with van der Waals surface area (Å²) in [6.45, 7) is 2.01. The van der Waals surface area contributed by atoms with Crippen LogP contribution in [-0.4, -0.2) is 20.2 Å². The van der Waals surface area contributed by atoms with Crippen LogP contribution in [0.1, 0.15) is 21.1 Å². The number of halogens is 1. The number of ketones is 1. The molecule has 0 aliphatic heterocycles. The quantitative estimate of drug-likeness (QED) is 0.427. The maximum absolute atomic E-state index is 13.2. The van der Waals surface area contributed by atoms with Gasteiger partial charge < -0.3 is 4.98 Å². The van der Waals surface area contributed by atoms with Gasteiger partial charge in [-0.05, 0) is 55.5 Å². The number of fused-ring (bicyclic) bond motifs is 1. The molecule has 0 saturated heterocycles. The molecule has 3 aromatic heterocycles. The van der Waals surface area contributed by atoms with E-state index < -0.39 is 0 Å². The first-order valence-corrected chi connectivity index (χ1v) is 8.54. The minimum absolute atomic E-state index is 0.114. The van der Waals surface area contributed by atoms with Gasteiger partial charge in [0.2, 0.25) is 5.78 Å². The average molecular weight is 351 g/mol. The molecule has 3 heterocycles. The number of aromatic amines is 1. The highest BCUT2D eigenvalue weighted by atomic mass is 32.1. The number of H-pyrrole nitrogens is 1. The van der Waals surface area contributed by atoms with Crippen LogP contribution < -0.4 is 0 Å². The number of rotatable bonds is 4. The Morgan fingerprint density at radius 2 is 2.08 bits per heavy atom. The van der Waals surface area contributed by atoms with Crippen LogP contribution in [-0.2, 0) is 0 Å². The SMILES string of the molecule is Cc1cn2c(/C=C/C(=O)c3ccc[nH]3)c(-c3ccc(F)cc3)nc2s1. The summed E-state index contributed by atoms with van der Waals surface area (Å²) in [6.07, 6.45) is 6.98. The summed E-state index contributed by atoms with van der Waals surface area (Å²) in [5.74, 6) is -0.406. The summed E-state index contributed by atoms with van der Waals surface area (Å²) >= 11 is 1.57. The van der Waals surface area contributed by atoms with Crippen molar-refractivity contribution in [1.29, 1.82) is 0 Å². The largest absolute Gasteiger partial charge is 0.359 e. The maximum atomic E-state index is 13.2. The van der Waals surface area contributed by atoms with Gasteiger partial charge in [0.15, 0.2) is 4.96 Å². The van der Waals surface area contributed by atoms with E-state index in [-0.39, 0.29) is 11.6 Å². The molecular formula is C19H14FN3OS. The smallest absolute Gasteiger partial charge is 0.202 e. The van der Waals surface area contributed by atoms with Gasteiger partial charge in [0.05, 0.1) is 17.1 Å². The lowest BCUT2D eigenvalue weighted by Gasteiger charge is -2.00. The van der Waals surface area contributed by atoms with E-state index in [1.54, 1.807) is 47.9 Å². The molecule has 0 saturated carbocycles. The van der Waals surface area contributed by atoms with Crippen molar-refractivity contribution in [2.24, 2.45) is 0 Å². The fourth-order valence-corrected chi connectivity index (χ4v) is 3.51. The molecule has 25 heavy (non-hydrogen) atoms. The van der Waals surface area contributed by atoms with Crippen molar-refractivity contribution in [3.63, 3.8) is 0 Å². The van der Waals surface area contributed by atoms with E-state index in [1.807, 2.05) is 17.5 Å². The van der Waals surface area contributed by atoms with Crippen molar-refractivity contribution >= 4 is 28.2 Å². The molecule has 124 valence electrons. The van der Waals surface area contributed by atoms with Gasteiger partial charge in [-0.2, -0.15) is 0 Å². The second-order valence-corrected chi connectivity index (χ2v) is 6.84. The molecule has 0 bridgehead atoms. The van der Waals surface area contributed by atoms with Crippen LogP contribution >= 0.6 is 11.3 Å². The Hall–Kier alpha value is -2.99. The Morgan fingerprint density at radius 3 is 2.80 bits per heavy atom. The second kappa shape index (κ2) is 6.14. The third-order valence-corrected chi connectivity index (χ3v) is 4.75. The number of hydrogen-bond acceptors (Lipinski definition) is 3. The molecule has 0 atom stereocenters. The van der Waals surface area contributed by atoms with Gasteiger partial charge in [-0.25, -0.2) is 9.37 Å². The van der Waals surface area contributed by atoms with Gasteiger partial charge in [-0.3, -0.25) is 9.20 Å². The number of nitrogens with zero attached hydrogens (tertiary/aromatic N) is 2. The molecule has 4 rings (SSSR count). The lowest BCUT2D eigenvalue weighted by Crippen LogP contribution is -1.94. The van der Waals surface area contributed by atoms with Gasteiger partial charge in [0.1, 0.15) is 5.82 Å². The monoisotopic (exact) mass is 351 g/mol. The normalized spacial score (nSPS) is 11.6. The first-order chi connectivity index (χ1) is 12.1. The van der Waals surface area contributed by atoms with Crippen LogP contribution in [0.15, 0.2) is 54.9 Å². The molecule has 0 fully saturated rings. The summed E-state index contributed by atoms with van der Waals surface area (Å²) in [7, 11) is 0. The highest BCUT2D eigenvalue weighted by Crippen LogP contribution is 2.29. The number of imidazole rings is 1. The number of carbonyl (C=O) groups is 1. The van der Waals surface area contributed by atoms with Crippen molar-refractivity contribution in [1.82, 2.24) is 14.4 Å². The van der Waals surface area contributed by atoms with Gasteiger partial charge >= 0.3 is 0 Å². The molecule has 1 aromatic carbocycles. The summed E-state index contributed by atoms with van der Waals surface area (Å²) in [4.78, 5) is 21.8. The van der Waals surface area contributed by atoms with E-state index in [2.05, 4.69) is 9.97 Å². The molecular weight excluding hydrogens is 337 g/mol. The molecule has 4 nitrogen and oxygen atoms in total. The molecule has 0 amide bonds. The maximum Gasteiger partial charge on any atom is 0.202 e. The zero-order chi connectivity index (χ0) is 17.4. The number of aromatic nitrogens is 3. The second-order valence-electron chi connectivity index (χ2n) is 5.63. The molecule has 1 N–H and O–H groups in total. The van der Waals surface area contributed by atoms with Gasteiger partial charge in [0.25, 0.3) is 0 Å². The van der Waals surface area contributed by atoms with Gasteiger partial charge in [-0.1, -0.05) is 0 Å². The summed E-state index contributed by atoms with van der Waals surface area (Å²) in [5.41, 5.74) is 2.86. The van der Waals surface area contributed by atoms with E-state index in [4.69, 9.17) is 0 Å². The number of aryl methyl sites for hydroxylation is 1. The number of carbonyl (C=O) groups excluding carboxylic acids is 1. The van der Waals surface area contributed by atoms with Crippen LogP contribution in [0, 0.1) is 12.7 Å². The number of benzene rings is 1. The lowest BCUT2D eigenvalue weighted by molar-refractivity contribution is 0.104. The predicted molar refractivity (Wildman–Crippen MR) is 97.4 cm³/mol. The van der Waals surface area contributed by atoms with Gasteiger partial charge in [-0.15, -0.1) is 11.3 Å². The number of nitrogens with one attached hydrogen (secondary N) is 1. The molecule has 6 heteroatoms. The van der Waals surface area contributed by atoms with Crippen LogP contribution in [0.3, 0.4) is 0 Å². The number of allylic oxidation sites excluding steroid dienone is 1. The fraction of sp³-hybridized carbons (Fsp3) is 0.0526. The molecule has 0 aliphatic rings. The molecule has 0 radical (unpaired) electrons. The summed E-state index contributed by atoms with van der Waals surface area (Å²) in [6, 6.07) is 9.72. The van der Waals surface area contributed by atoms with Crippen molar-refractivity contribution in [2.75, 3.05) is 0 Å². The standard InChI is InChI=1S/C19H14FN3OS/c1-12-11-23-16(8-9-17(24)15-3-2-10-21-15)18(22-19(23)25-12)13-4-6-14(20)7-5-13/h2-11,21H,1H3/b9-8+. The highest BCUT2D eigenvalue weighted by Gasteiger charge is 2.14. The Bertz CT molecular complexity index is 1070. The van der Waals surface area contributed by atoms with Crippen molar-refractivity contribution < 1.29 is 9.18 Å². The van der Waals surface area contributed by atoms with Crippen molar-refractivity contribution in [3.05, 3.63) is 77.0 Å². The minimum atomic E-state index is -0.292. The summed E-state index contributed by atoms with van der Waals surface area (Å²) < 4.78 is 15.2. The Balaban J connectivity index is 1.81. The fourth-order valence-electron chi connectivity index (χ4n) is 2.68. The molecule has 4 aromatic rings. The predicted octanol–water partition coefficient (Wildman–Crippen LogP) is 4.73. The third kappa shape index (κ3) is 2.92. The zero-order valence-electron chi connectivity index (χ0n) is 13.4. The third-order valence-electron chi connectivity index (χ3n) is 3.85. The average Bonchev–Trinajstić information content (AvgIpc) is 3.30. The van der Waals surface area contributed by atoms with E-state index in [9.17, 15) is 9.18 Å². The topological polar surface area (TPSA) is 50.2 Å². The van der Waals surface area contributed by atoms with Crippen LogP contribution in [0.2, 0.25) is 0 Å². The van der Waals surface area contributed by atoms with Crippen molar-refractivity contribution in [2.45, 2.75) is 6.92 Å². The zero-order valence-corrected chi connectivity index (χ0v) is 14.2. The first-order valence-electron chi connectivity index (χ1n) is 7.72. The molecule has 0 unspecified atom stereocenters. The first kappa shape index (κ1) is 15.5. The summed E-state index contributed by atoms with van der Waals surface area (Å²) in [5, 5.41) is 0. The lowest BCUT2D eigenvalue weighted by atomic mass is 10.1. The van der Waals surface area contributed by atoms with Crippen LogP contribution in [0.25, 0.3) is 22.3 Å². The van der Waals surface area contributed by atoms with Crippen LogP contribution in [0.4, 0.5) is 4.39 Å². The van der Waals surface area contributed by atoms with E-state index >= 15 is 0 Å². The molecule has 0 spiro atoms. The Labute approximate surface area is 147 Å². The molecule has 0 aliphatic carbocycles. The van der Waals surface area contributed by atoms with E-state index in [0.717, 1.165) is 26.8 Å². The van der Waals surface area contributed by atoms with E-state index in [0.29, 0.717) is 5.69 Å². The number of hydrogen-bond donors (Lipinski definition) is 1. The van der Waals surface area contributed by atoms with Crippen LogP contribution in [0.5, 0.6) is 0 Å². The highest BCUT2D eigenvalue weighted by molar-refractivity contribution is 7.17. The number of thiazole rings is 1. The van der Waals surface area contributed by atoms with Crippen molar-refractivity contribution in [3.8, 4) is 11.3 Å². The Morgan fingerprint density at radius 1 is 1.28 bits per heavy atom.